The van der Waals surface area contributed by atoms with Gasteiger partial charge in [-0.15, -0.1) is 0 Å². The van der Waals surface area contributed by atoms with Crippen LogP contribution >= 0.6 is 11.6 Å². The molecule has 1 atom stereocenters. The molecule has 0 spiro atoms. The number of nitrogens with zero attached hydrogens (tertiary/aromatic N) is 1. The van der Waals surface area contributed by atoms with Crippen LogP contribution in [0.25, 0.3) is 0 Å². The van der Waals surface area contributed by atoms with Crippen molar-refractivity contribution >= 4 is 23.4 Å². The number of rotatable bonds is 11. The highest BCUT2D eigenvalue weighted by Crippen LogP contribution is 2.25. The maximum absolute atomic E-state index is 13.6. The van der Waals surface area contributed by atoms with Crippen LogP contribution in [-0.4, -0.2) is 37.0 Å². The molecule has 3 aromatic rings. The monoisotopic (exact) mass is 482 g/mol. The molecule has 0 aliphatic heterocycles. The molecule has 0 fully saturated rings. The normalized spacial score (nSPS) is 11.6. The van der Waals surface area contributed by atoms with Crippen LogP contribution in [0.3, 0.4) is 0 Å². The van der Waals surface area contributed by atoms with Crippen molar-refractivity contribution in [1.29, 1.82) is 0 Å². The molecule has 0 aliphatic rings. The zero-order valence-corrected chi connectivity index (χ0v) is 19.8. The minimum atomic E-state index is -0.853. The molecule has 3 aromatic carbocycles. The van der Waals surface area contributed by atoms with E-state index < -0.39 is 6.04 Å². The van der Waals surface area contributed by atoms with Crippen LogP contribution in [0.2, 0.25) is 5.02 Å². The number of benzene rings is 3. The molecule has 2 amide bonds. The number of amides is 2. The number of ether oxygens (including phenoxy) is 1. The standard InChI is InChI=1S/C27H28ClFN2O3/c1-34-17-5-16-30-27(33)26(22-6-3-2-4-7-22)31(19-21-10-14-24(29)15-11-21)25(32)18-20-8-12-23(28)13-9-20/h2-4,6-15,26H,5,16-19H2,1H3,(H,30,33)/t26-/m0/s1. The van der Waals surface area contributed by atoms with Crippen molar-refractivity contribution in [2.24, 2.45) is 0 Å². The van der Waals surface area contributed by atoms with Crippen molar-refractivity contribution < 1.29 is 18.7 Å². The first-order chi connectivity index (χ1) is 16.5. The summed E-state index contributed by atoms with van der Waals surface area (Å²) in [6.07, 6.45) is 0.749. The molecular weight excluding hydrogens is 455 g/mol. The van der Waals surface area contributed by atoms with E-state index in [1.165, 1.54) is 12.1 Å². The van der Waals surface area contributed by atoms with Crippen molar-refractivity contribution in [3.63, 3.8) is 0 Å². The van der Waals surface area contributed by atoms with E-state index in [0.29, 0.717) is 30.2 Å². The Morgan fingerprint density at radius 1 is 0.971 bits per heavy atom. The maximum Gasteiger partial charge on any atom is 0.247 e. The van der Waals surface area contributed by atoms with Crippen molar-refractivity contribution in [3.8, 4) is 0 Å². The van der Waals surface area contributed by atoms with Gasteiger partial charge in [-0.2, -0.15) is 0 Å². The lowest BCUT2D eigenvalue weighted by Crippen LogP contribution is -2.44. The highest BCUT2D eigenvalue weighted by molar-refractivity contribution is 6.30. The summed E-state index contributed by atoms with van der Waals surface area (Å²) < 4.78 is 18.6. The Bertz CT molecular complexity index is 1060. The maximum atomic E-state index is 13.6. The van der Waals surface area contributed by atoms with E-state index in [1.54, 1.807) is 48.4 Å². The Balaban J connectivity index is 1.93. The van der Waals surface area contributed by atoms with Gasteiger partial charge >= 0.3 is 0 Å². The zero-order chi connectivity index (χ0) is 24.3. The Labute approximate surface area is 204 Å². The molecule has 3 rings (SSSR count). The molecule has 5 nitrogen and oxygen atoms in total. The predicted octanol–water partition coefficient (Wildman–Crippen LogP) is 4.94. The molecule has 0 saturated heterocycles. The topological polar surface area (TPSA) is 58.6 Å². The smallest absolute Gasteiger partial charge is 0.247 e. The second-order valence-corrected chi connectivity index (χ2v) is 8.34. The molecule has 178 valence electrons. The largest absolute Gasteiger partial charge is 0.385 e. The molecule has 7 heteroatoms. The van der Waals surface area contributed by atoms with Crippen molar-refractivity contribution in [2.75, 3.05) is 20.3 Å². The van der Waals surface area contributed by atoms with Crippen molar-refractivity contribution in [3.05, 3.63) is 106 Å². The number of halogens is 2. The molecular formula is C27H28ClFN2O3. The van der Waals surface area contributed by atoms with E-state index in [-0.39, 0.29) is 30.6 Å². The summed E-state index contributed by atoms with van der Waals surface area (Å²) in [5, 5.41) is 3.51. The first-order valence-electron chi connectivity index (χ1n) is 11.1. The average molecular weight is 483 g/mol. The number of methoxy groups -OCH3 is 1. The molecule has 0 bridgehead atoms. The highest BCUT2D eigenvalue weighted by Gasteiger charge is 2.31. The Morgan fingerprint density at radius 2 is 1.62 bits per heavy atom. The predicted molar refractivity (Wildman–Crippen MR) is 131 cm³/mol. The van der Waals surface area contributed by atoms with Gasteiger partial charge < -0.3 is 15.0 Å². The van der Waals surface area contributed by atoms with Crippen LogP contribution in [0, 0.1) is 5.82 Å². The van der Waals surface area contributed by atoms with Gasteiger partial charge in [-0.25, -0.2) is 4.39 Å². The third-order valence-electron chi connectivity index (χ3n) is 5.35. The summed E-state index contributed by atoms with van der Waals surface area (Å²) >= 11 is 5.99. The SMILES string of the molecule is COCCCNC(=O)[C@H](c1ccccc1)N(Cc1ccc(F)cc1)C(=O)Cc1ccc(Cl)cc1. The third-order valence-corrected chi connectivity index (χ3v) is 5.61. The number of hydrogen-bond acceptors (Lipinski definition) is 3. The van der Waals surface area contributed by atoms with Gasteiger partial charge in [-0.3, -0.25) is 9.59 Å². The van der Waals surface area contributed by atoms with Crippen LogP contribution < -0.4 is 5.32 Å². The van der Waals surface area contributed by atoms with Crippen LogP contribution in [0.4, 0.5) is 4.39 Å². The Kier molecular flexibility index (Phi) is 9.62. The van der Waals surface area contributed by atoms with E-state index >= 15 is 0 Å². The third kappa shape index (κ3) is 7.40. The number of carbonyl (C=O) groups is 2. The van der Waals surface area contributed by atoms with Gasteiger partial charge in [-0.1, -0.05) is 66.2 Å². The van der Waals surface area contributed by atoms with Gasteiger partial charge in [0.1, 0.15) is 11.9 Å². The van der Waals surface area contributed by atoms with E-state index in [4.69, 9.17) is 16.3 Å². The molecule has 34 heavy (non-hydrogen) atoms. The van der Waals surface area contributed by atoms with Gasteiger partial charge in [0.05, 0.1) is 6.42 Å². The van der Waals surface area contributed by atoms with Crippen LogP contribution in [-0.2, 0) is 27.3 Å². The summed E-state index contributed by atoms with van der Waals surface area (Å²) in [6.45, 7) is 1.09. The Morgan fingerprint density at radius 3 is 2.26 bits per heavy atom. The minimum absolute atomic E-state index is 0.0959. The minimum Gasteiger partial charge on any atom is -0.385 e. The van der Waals surface area contributed by atoms with Gasteiger partial charge in [0.2, 0.25) is 11.8 Å². The molecule has 0 heterocycles. The van der Waals surface area contributed by atoms with Crippen LogP contribution in [0.1, 0.15) is 29.2 Å². The quantitative estimate of drug-likeness (QED) is 0.394. The van der Waals surface area contributed by atoms with Crippen molar-refractivity contribution in [2.45, 2.75) is 25.4 Å². The molecule has 0 radical (unpaired) electrons. The highest BCUT2D eigenvalue weighted by atomic mass is 35.5. The Hall–Kier alpha value is -3.22. The van der Waals surface area contributed by atoms with E-state index in [9.17, 15) is 14.0 Å². The number of nitrogens with one attached hydrogen (secondary N) is 1. The fourth-order valence-electron chi connectivity index (χ4n) is 3.62. The average Bonchev–Trinajstić information content (AvgIpc) is 2.85. The first kappa shape index (κ1) is 25.4. The van der Waals surface area contributed by atoms with Crippen molar-refractivity contribution in [1.82, 2.24) is 10.2 Å². The fraction of sp³-hybridized carbons (Fsp3) is 0.259. The lowest BCUT2D eigenvalue weighted by atomic mass is 10.0. The summed E-state index contributed by atoms with van der Waals surface area (Å²) in [7, 11) is 1.61. The van der Waals surface area contributed by atoms with Gasteiger partial charge in [0, 0.05) is 31.8 Å². The summed E-state index contributed by atoms with van der Waals surface area (Å²) in [4.78, 5) is 28.5. The second-order valence-electron chi connectivity index (χ2n) is 7.90. The molecule has 0 unspecified atom stereocenters. The molecule has 0 aromatic heterocycles. The van der Waals surface area contributed by atoms with Gasteiger partial charge in [0.15, 0.2) is 0 Å². The summed E-state index contributed by atoms with van der Waals surface area (Å²) in [6, 6.07) is 21.3. The number of carbonyl (C=O) groups excluding carboxylic acids is 2. The molecule has 0 aliphatic carbocycles. The molecule has 1 N–H and O–H groups in total. The van der Waals surface area contributed by atoms with E-state index in [2.05, 4.69) is 5.32 Å². The molecule has 0 saturated carbocycles. The first-order valence-corrected chi connectivity index (χ1v) is 11.5. The van der Waals surface area contributed by atoms with E-state index in [1.807, 2.05) is 30.3 Å². The zero-order valence-electron chi connectivity index (χ0n) is 19.0. The van der Waals surface area contributed by atoms with Gasteiger partial charge in [0.25, 0.3) is 0 Å². The lowest BCUT2D eigenvalue weighted by molar-refractivity contribution is -0.141. The van der Waals surface area contributed by atoms with Crippen LogP contribution in [0.5, 0.6) is 0 Å². The fourth-order valence-corrected chi connectivity index (χ4v) is 3.75. The number of hydrogen-bond donors (Lipinski definition) is 1. The summed E-state index contributed by atoms with van der Waals surface area (Å²) in [5.74, 6) is -0.875. The van der Waals surface area contributed by atoms with E-state index in [0.717, 1.165) is 11.1 Å². The van der Waals surface area contributed by atoms with Gasteiger partial charge in [-0.05, 0) is 47.4 Å². The second kappa shape index (κ2) is 12.9. The summed E-state index contributed by atoms with van der Waals surface area (Å²) in [5.41, 5.74) is 2.20. The van der Waals surface area contributed by atoms with Crippen LogP contribution in [0.15, 0.2) is 78.9 Å². The lowest BCUT2D eigenvalue weighted by Gasteiger charge is -2.32.